The van der Waals surface area contributed by atoms with Gasteiger partial charge in [0, 0.05) is 5.02 Å². The third-order valence-corrected chi connectivity index (χ3v) is 6.02. The Labute approximate surface area is 155 Å². The number of imide groups is 1. The van der Waals surface area contributed by atoms with Crippen LogP contribution in [-0.4, -0.2) is 28.7 Å². The van der Waals surface area contributed by atoms with Gasteiger partial charge >= 0.3 is 0 Å². The summed E-state index contributed by atoms with van der Waals surface area (Å²) in [4.78, 5) is 39.2. The second kappa shape index (κ2) is 5.85. The molecule has 1 N–H and O–H groups in total. The molecule has 2 aliphatic carbocycles. The Balaban J connectivity index is 1.54. The minimum Gasteiger partial charge on any atom is -0.323 e. The van der Waals surface area contributed by atoms with Crippen LogP contribution in [0.25, 0.3) is 0 Å². The van der Waals surface area contributed by atoms with Gasteiger partial charge in [0.15, 0.2) is 0 Å². The van der Waals surface area contributed by atoms with Gasteiger partial charge in [0.1, 0.15) is 6.04 Å². The highest BCUT2D eigenvalue weighted by Crippen LogP contribution is 2.52. The third kappa shape index (κ3) is 2.49. The highest BCUT2D eigenvalue weighted by molar-refractivity contribution is 6.35. The molecule has 130 valence electrons. The summed E-state index contributed by atoms with van der Waals surface area (Å²) in [5.41, 5.74) is 0.354. The fourth-order valence-electron chi connectivity index (χ4n) is 4.25. The number of hydrogen-bond donors (Lipinski definition) is 1. The lowest BCUT2D eigenvalue weighted by atomic mass is 9.85. The number of fused-ring (bicyclic) bond motifs is 5. The molecule has 1 heterocycles. The maximum atomic E-state index is 12.8. The van der Waals surface area contributed by atoms with Crippen molar-refractivity contribution in [2.75, 3.05) is 5.32 Å². The van der Waals surface area contributed by atoms with E-state index in [2.05, 4.69) is 5.32 Å². The molecule has 0 radical (unpaired) electrons. The van der Waals surface area contributed by atoms with E-state index >= 15 is 0 Å². The summed E-state index contributed by atoms with van der Waals surface area (Å²) in [7, 11) is 0. The smallest absolute Gasteiger partial charge is 0.247 e. The first-order valence-corrected chi connectivity index (χ1v) is 8.95. The van der Waals surface area contributed by atoms with Crippen LogP contribution in [0.15, 0.2) is 30.4 Å². The molecule has 3 aliphatic rings. The van der Waals surface area contributed by atoms with Crippen LogP contribution in [0.5, 0.6) is 0 Å². The number of rotatable bonds is 3. The fourth-order valence-corrected chi connectivity index (χ4v) is 4.59. The van der Waals surface area contributed by atoms with Crippen LogP contribution >= 0.6 is 23.2 Å². The minimum absolute atomic E-state index is 0.120. The molecular weight excluding hydrogens is 363 g/mol. The molecular formula is C18H16Cl2N2O3. The number of benzene rings is 1. The highest BCUT2D eigenvalue weighted by Gasteiger charge is 2.60. The van der Waals surface area contributed by atoms with E-state index in [9.17, 15) is 14.4 Å². The first-order chi connectivity index (χ1) is 11.9. The van der Waals surface area contributed by atoms with Gasteiger partial charge in [0.2, 0.25) is 17.7 Å². The molecule has 1 aromatic rings. The van der Waals surface area contributed by atoms with E-state index in [1.54, 1.807) is 19.1 Å². The number of anilines is 1. The van der Waals surface area contributed by atoms with Crippen LogP contribution < -0.4 is 5.32 Å². The molecule has 5 atom stereocenters. The second-order valence-electron chi connectivity index (χ2n) is 6.84. The third-order valence-electron chi connectivity index (χ3n) is 5.46. The van der Waals surface area contributed by atoms with Crippen molar-refractivity contribution in [3.05, 3.63) is 40.4 Å². The van der Waals surface area contributed by atoms with Crippen molar-refractivity contribution in [1.29, 1.82) is 0 Å². The van der Waals surface area contributed by atoms with Gasteiger partial charge < -0.3 is 5.32 Å². The normalized spacial score (nSPS) is 30.8. The lowest BCUT2D eigenvalue weighted by Gasteiger charge is -2.24. The van der Waals surface area contributed by atoms with Gasteiger partial charge in [-0.2, -0.15) is 0 Å². The molecule has 0 spiro atoms. The van der Waals surface area contributed by atoms with E-state index in [1.807, 2.05) is 12.2 Å². The van der Waals surface area contributed by atoms with Gasteiger partial charge in [-0.25, -0.2) is 0 Å². The number of carbonyl (C=O) groups is 3. The van der Waals surface area contributed by atoms with Gasteiger partial charge in [-0.15, -0.1) is 0 Å². The van der Waals surface area contributed by atoms with Crippen molar-refractivity contribution >= 4 is 46.6 Å². The Kier molecular flexibility index (Phi) is 3.89. The Morgan fingerprint density at radius 2 is 1.76 bits per heavy atom. The number of amides is 3. The number of halogens is 2. The largest absolute Gasteiger partial charge is 0.323 e. The van der Waals surface area contributed by atoms with Crippen LogP contribution in [0.3, 0.4) is 0 Å². The lowest BCUT2D eigenvalue weighted by Crippen LogP contribution is -2.46. The standard InChI is InChI=1S/C18H16Cl2N2O3/c1-8(16(23)21-13-7-11(19)4-5-12(13)20)22-17(24)14-9-2-3-10(6-9)15(14)18(22)25/h2-5,7-10,14-15H,6H2,1H3,(H,21,23). The Morgan fingerprint density at radius 3 is 2.36 bits per heavy atom. The van der Waals surface area contributed by atoms with Crippen molar-refractivity contribution < 1.29 is 14.4 Å². The summed E-state index contributed by atoms with van der Waals surface area (Å²) in [5.74, 6) is -1.34. The Hall–Kier alpha value is -1.85. The summed E-state index contributed by atoms with van der Waals surface area (Å²) < 4.78 is 0. The zero-order valence-electron chi connectivity index (χ0n) is 13.4. The molecule has 1 saturated carbocycles. The minimum atomic E-state index is -0.903. The van der Waals surface area contributed by atoms with Crippen molar-refractivity contribution in [3.8, 4) is 0 Å². The number of allylic oxidation sites excluding steroid dienone is 2. The SMILES string of the molecule is CC(C(=O)Nc1cc(Cl)ccc1Cl)N1C(=O)C2C3C=CC(C3)C2C1=O. The van der Waals surface area contributed by atoms with Crippen molar-refractivity contribution in [2.24, 2.45) is 23.7 Å². The van der Waals surface area contributed by atoms with Crippen LogP contribution in [0.4, 0.5) is 5.69 Å². The number of hydrogen-bond acceptors (Lipinski definition) is 3. The quantitative estimate of drug-likeness (QED) is 0.648. The molecule has 4 rings (SSSR count). The summed E-state index contributed by atoms with van der Waals surface area (Å²) >= 11 is 12.0. The molecule has 2 fully saturated rings. The first kappa shape index (κ1) is 16.6. The van der Waals surface area contributed by atoms with Gasteiger partial charge in [0.05, 0.1) is 22.5 Å². The molecule has 25 heavy (non-hydrogen) atoms. The molecule has 1 saturated heterocycles. The van der Waals surface area contributed by atoms with Crippen LogP contribution in [-0.2, 0) is 14.4 Å². The zero-order chi connectivity index (χ0) is 17.9. The first-order valence-electron chi connectivity index (χ1n) is 8.19. The highest BCUT2D eigenvalue weighted by atomic mass is 35.5. The summed E-state index contributed by atoms with van der Waals surface area (Å²) in [6.45, 7) is 1.56. The average molecular weight is 379 g/mol. The van der Waals surface area contributed by atoms with Crippen LogP contribution in [0, 0.1) is 23.7 Å². The van der Waals surface area contributed by atoms with E-state index in [1.165, 1.54) is 6.07 Å². The Bertz CT molecular complexity index is 793. The Morgan fingerprint density at radius 1 is 1.16 bits per heavy atom. The molecule has 7 heteroatoms. The predicted octanol–water partition coefficient (Wildman–Crippen LogP) is 3.13. The van der Waals surface area contributed by atoms with Gasteiger partial charge in [0.25, 0.3) is 0 Å². The van der Waals surface area contributed by atoms with Crippen LogP contribution in [0.2, 0.25) is 10.0 Å². The van der Waals surface area contributed by atoms with Crippen molar-refractivity contribution in [2.45, 2.75) is 19.4 Å². The number of carbonyl (C=O) groups excluding carboxylic acids is 3. The van der Waals surface area contributed by atoms with E-state index < -0.39 is 11.9 Å². The van der Waals surface area contributed by atoms with E-state index in [0.29, 0.717) is 15.7 Å². The fraction of sp³-hybridized carbons (Fsp3) is 0.389. The monoisotopic (exact) mass is 378 g/mol. The molecule has 1 aromatic carbocycles. The van der Waals surface area contributed by atoms with Gasteiger partial charge in [-0.3, -0.25) is 19.3 Å². The number of likely N-dealkylation sites (tertiary alicyclic amines) is 1. The zero-order valence-corrected chi connectivity index (χ0v) is 14.9. The molecule has 2 bridgehead atoms. The second-order valence-corrected chi connectivity index (χ2v) is 7.68. The van der Waals surface area contributed by atoms with Gasteiger partial charge in [-0.1, -0.05) is 35.4 Å². The topological polar surface area (TPSA) is 66.5 Å². The summed E-state index contributed by atoms with van der Waals surface area (Å²) in [6.07, 6.45) is 4.91. The van der Waals surface area contributed by atoms with Crippen molar-refractivity contribution in [1.82, 2.24) is 4.90 Å². The molecule has 5 nitrogen and oxygen atoms in total. The molecule has 0 aromatic heterocycles. The van der Waals surface area contributed by atoms with Crippen molar-refractivity contribution in [3.63, 3.8) is 0 Å². The number of nitrogens with one attached hydrogen (secondary N) is 1. The van der Waals surface area contributed by atoms with E-state index in [-0.39, 0.29) is 35.5 Å². The molecule has 5 unspecified atom stereocenters. The van der Waals surface area contributed by atoms with Crippen LogP contribution in [0.1, 0.15) is 13.3 Å². The average Bonchev–Trinajstić information content (AvgIpc) is 3.24. The van der Waals surface area contributed by atoms with E-state index in [0.717, 1.165) is 11.3 Å². The predicted molar refractivity (Wildman–Crippen MR) is 94.1 cm³/mol. The maximum Gasteiger partial charge on any atom is 0.247 e. The van der Waals surface area contributed by atoms with E-state index in [4.69, 9.17) is 23.2 Å². The number of nitrogens with zero attached hydrogens (tertiary/aromatic N) is 1. The van der Waals surface area contributed by atoms with Gasteiger partial charge in [-0.05, 0) is 43.4 Å². The lowest BCUT2D eigenvalue weighted by molar-refractivity contribution is -0.146. The molecule has 1 aliphatic heterocycles. The maximum absolute atomic E-state index is 12.8. The molecule has 3 amide bonds. The summed E-state index contributed by atoms with van der Waals surface area (Å²) in [5, 5.41) is 3.42. The summed E-state index contributed by atoms with van der Waals surface area (Å²) in [6, 6.07) is 3.81.